The summed E-state index contributed by atoms with van der Waals surface area (Å²) in [4.78, 5) is 0.179. The number of aryl methyl sites for hydroxylation is 1. The molecule has 0 bridgehead atoms. The van der Waals surface area contributed by atoms with E-state index in [1.807, 2.05) is 6.92 Å². The third kappa shape index (κ3) is 2.66. The topological polar surface area (TPSA) is 92.4 Å². The van der Waals surface area contributed by atoms with E-state index in [0.29, 0.717) is 18.5 Å². The van der Waals surface area contributed by atoms with Crippen LogP contribution in [0.1, 0.15) is 25.3 Å². The van der Waals surface area contributed by atoms with E-state index in [-0.39, 0.29) is 17.0 Å². The number of nitrogens with one attached hydrogen (secondary N) is 1. The standard InChI is InChI=1S/C12H18N2O3S/c1-2-8-3-4-11(7-12(8)13)18(16,17)14-9-5-10(15)6-9/h3-4,7,9-10,14-15H,2,5-6,13H2,1H3. The third-order valence-corrected chi connectivity index (χ3v) is 4.76. The predicted octanol–water partition coefficient (Wildman–Crippen LogP) is 0.633. The first-order chi connectivity index (χ1) is 8.42. The molecule has 1 aromatic rings. The first-order valence-electron chi connectivity index (χ1n) is 6.01. The van der Waals surface area contributed by atoms with Gasteiger partial charge in [-0.1, -0.05) is 13.0 Å². The van der Waals surface area contributed by atoms with Crippen LogP contribution in [0, 0.1) is 0 Å². The fourth-order valence-electron chi connectivity index (χ4n) is 2.03. The van der Waals surface area contributed by atoms with Crippen LogP contribution in [0.5, 0.6) is 0 Å². The normalized spacial score (nSPS) is 23.7. The lowest BCUT2D eigenvalue weighted by Crippen LogP contribution is -2.46. The van der Waals surface area contributed by atoms with Gasteiger partial charge in [-0.25, -0.2) is 13.1 Å². The van der Waals surface area contributed by atoms with Crippen LogP contribution < -0.4 is 10.5 Å². The second kappa shape index (κ2) is 4.87. The maximum Gasteiger partial charge on any atom is 0.240 e. The van der Waals surface area contributed by atoms with Gasteiger partial charge in [-0.2, -0.15) is 0 Å². The highest BCUT2D eigenvalue weighted by Crippen LogP contribution is 2.23. The van der Waals surface area contributed by atoms with Crippen LogP contribution in [0.15, 0.2) is 23.1 Å². The molecule has 18 heavy (non-hydrogen) atoms. The SMILES string of the molecule is CCc1ccc(S(=O)(=O)NC2CC(O)C2)cc1N. The summed E-state index contributed by atoms with van der Waals surface area (Å²) in [5.74, 6) is 0. The van der Waals surface area contributed by atoms with Crippen molar-refractivity contribution in [1.82, 2.24) is 4.72 Å². The quantitative estimate of drug-likeness (QED) is 0.700. The van der Waals surface area contributed by atoms with Gasteiger partial charge in [-0.15, -0.1) is 0 Å². The highest BCUT2D eigenvalue weighted by molar-refractivity contribution is 7.89. The van der Waals surface area contributed by atoms with Crippen molar-refractivity contribution in [2.45, 2.75) is 43.2 Å². The molecule has 4 N–H and O–H groups in total. The Morgan fingerprint density at radius 2 is 2.11 bits per heavy atom. The summed E-state index contributed by atoms with van der Waals surface area (Å²) in [6.07, 6.45) is 1.34. The van der Waals surface area contributed by atoms with Crippen molar-refractivity contribution in [2.75, 3.05) is 5.73 Å². The van der Waals surface area contributed by atoms with E-state index in [1.54, 1.807) is 12.1 Å². The van der Waals surface area contributed by atoms with Crippen LogP contribution >= 0.6 is 0 Å². The van der Waals surface area contributed by atoms with Gasteiger partial charge in [0, 0.05) is 11.7 Å². The minimum absolute atomic E-state index is 0.169. The summed E-state index contributed by atoms with van der Waals surface area (Å²) in [5, 5.41) is 9.14. The number of nitrogens with two attached hydrogens (primary N) is 1. The zero-order chi connectivity index (χ0) is 13.3. The molecule has 1 aliphatic rings. The summed E-state index contributed by atoms with van der Waals surface area (Å²) >= 11 is 0. The molecule has 1 aromatic carbocycles. The number of hydrogen-bond acceptors (Lipinski definition) is 4. The van der Waals surface area contributed by atoms with Gasteiger partial charge in [-0.3, -0.25) is 0 Å². The van der Waals surface area contributed by atoms with Gasteiger partial charge in [0.25, 0.3) is 0 Å². The van der Waals surface area contributed by atoms with Crippen LogP contribution in [0.25, 0.3) is 0 Å². The molecule has 0 heterocycles. The monoisotopic (exact) mass is 270 g/mol. The molecule has 5 nitrogen and oxygen atoms in total. The van der Waals surface area contributed by atoms with Crippen molar-refractivity contribution in [1.29, 1.82) is 0 Å². The zero-order valence-corrected chi connectivity index (χ0v) is 11.1. The number of sulfonamides is 1. The van der Waals surface area contributed by atoms with Crippen molar-refractivity contribution < 1.29 is 13.5 Å². The number of hydrogen-bond donors (Lipinski definition) is 3. The molecule has 6 heteroatoms. The predicted molar refractivity (Wildman–Crippen MR) is 69.6 cm³/mol. The molecule has 2 rings (SSSR count). The fourth-order valence-corrected chi connectivity index (χ4v) is 3.33. The number of aliphatic hydroxyl groups excluding tert-OH is 1. The molecule has 0 saturated heterocycles. The van der Waals surface area contributed by atoms with Gasteiger partial charge in [0.1, 0.15) is 0 Å². The Morgan fingerprint density at radius 3 is 2.61 bits per heavy atom. The molecule has 0 atom stereocenters. The maximum atomic E-state index is 12.0. The van der Waals surface area contributed by atoms with E-state index >= 15 is 0 Å². The Morgan fingerprint density at radius 1 is 1.44 bits per heavy atom. The molecular weight excluding hydrogens is 252 g/mol. The van der Waals surface area contributed by atoms with Crippen LogP contribution in [0.3, 0.4) is 0 Å². The lowest BCUT2D eigenvalue weighted by atomic mass is 9.91. The molecule has 0 aliphatic heterocycles. The van der Waals surface area contributed by atoms with E-state index in [9.17, 15) is 8.42 Å². The number of nitrogen functional groups attached to an aromatic ring is 1. The molecule has 0 aromatic heterocycles. The van der Waals surface area contributed by atoms with E-state index in [4.69, 9.17) is 10.8 Å². The van der Waals surface area contributed by atoms with E-state index in [0.717, 1.165) is 12.0 Å². The van der Waals surface area contributed by atoms with Crippen molar-refractivity contribution in [2.24, 2.45) is 0 Å². The van der Waals surface area contributed by atoms with Crippen LogP contribution in [-0.4, -0.2) is 25.7 Å². The Labute approximate surface area is 107 Å². The molecule has 1 fully saturated rings. The van der Waals surface area contributed by atoms with E-state index in [1.165, 1.54) is 6.07 Å². The molecule has 0 amide bonds. The maximum absolute atomic E-state index is 12.0. The van der Waals surface area contributed by atoms with Gasteiger partial charge >= 0.3 is 0 Å². The van der Waals surface area contributed by atoms with Crippen molar-refractivity contribution >= 4 is 15.7 Å². The highest BCUT2D eigenvalue weighted by atomic mass is 32.2. The second-order valence-electron chi connectivity index (χ2n) is 4.66. The van der Waals surface area contributed by atoms with Gasteiger partial charge < -0.3 is 10.8 Å². The zero-order valence-electron chi connectivity index (χ0n) is 10.3. The minimum Gasteiger partial charge on any atom is -0.398 e. The molecule has 1 saturated carbocycles. The first-order valence-corrected chi connectivity index (χ1v) is 7.49. The molecule has 1 aliphatic carbocycles. The van der Waals surface area contributed by atoms with Crippen LogP contribution in [-0.2, 0) is 16.4 Å². The van der Waals surface area contributed by atoms with Gasteiger partial charge in [-0.05, 0) is 37.0 Å². The summed E-state index contributed by atoms with van der Waals surface area (Å²) in [6.45, 7) is 1.97. The molecule has 100 valence electrons. The number of rotatable bonds is 4. The van der Waals surface area contributed by atoms with E-state index in [2.05, 4.69) is 4.72 Å². The molecule has 0 radical (unpaired) electrons. The average Bonchev–Trinajstić information content (AvgIpc) is 2.26. The van der Waals surface area contributed by atoms with Gasteiger partial charge in [0.05, 0.1) is 11.0 Å². The second-order valence-corrected chi connectivity index (χ2v) is 6.37. The number of aliphatic hydroxyl groups is 1. The first kappa shape index (κ1) is 13.3. The molecular formula is C12H18N2O3S. The average molecular weight is 270 g/mol. The fraction of sp³-hybridized carbons (Fsp3) is 0.500. The number of anilines is 1. The van der Waals surface area contributed by atoms with Crippen molar-refractivity contribution in [3.05, 3.63) is 23.8 Å². The Kier molecular flexibility index (Phi) is 3.61. The number of benzene rings is 1. The summed E-state index contributed by atoms with van der Waals surface area (Å²) in [7, 11) is -3.53. The van der Waals surface area contributed by atoms with E-state index < -0.39 is 10.0 Å². The summed E-state index contributed by atoms with van der Waals surface area (Å²) in [6, 6.07) is 4.61. The molecule has 0 spiro atoms. The lowest BCUT2D eigenvalue weighted by Gasteiger charge is -2.31. The Hall–Kier alpha value is -1.11. The Balaban J connectivity index is 2.16. The highest BCUT2D eigenvalue weighted by Gasteiger charge is 2.31. The largest absolute Gasteiger partial charge is 0.398 e. The summed E-state index contributed by atoms with van der Waals surface area (Å²) < 4.78 is 26.7. The van der Waals surface area contributed by atoms with Crippen LogP contribution in [0.4, 0.5) is 5.69 Å². The molecule has 0 unspecified atom stereocenters. The van der Waals surface area contributed by atoms with Crippen LogP contribution in [0.2, 0.25) is 0 Å². The van der Waals surface area contributed by atoms with Gasteiger partial charge in [0.15, 0.2) is 0 Å². The lowest BCUT2D eigenvalue weighted by molar-refractivity contribution is 0.0712. The smallest absolute Gasteiger partial charge is 0.240 e. The van der Waals surface area contributed by atoms with Crippen molar-refractivity contribution in [3.63, 3.8) is 0 Å². The Bertz CT molecular complexity index is 536. The third-order valence-electron chi connectivity index (χ3n) is 3.24. The van der Waals surface area contributed by atoms with Gasteiger partial charge in [0.2, 0.25) is 10.0 Å². The minimum atomic E-state index is -3.53. The summed E-state index contributed by atoms with van der Waals surface area (Å²) in [5.41, 5.74) is 7.23. The van der Waals surface area contributed by atoms with Crippen molar-refractivity contribution in [3.8, 4) is 0 Å².